The maximum absolute atomic E-state index is 5.69. The molecule has 0 spiro atoms. The van der Waals surface area contributed by atoms with Crippen LogP contribution in [-0.4, -0.2) is 34.6 Å². The molecule has 112 valence electrons. The molecule has 5 heteroatoms. The summed E-state index contributed by atoms with van der Waals surface area (Å²) >= 11 is 0. The Hall–Kier alpha value is -1.88. The number of ether oxygens (including phenoxy) is 2. The second-order valence-corrected chi connectivity index (χ2v) is 5.36. The van der Waals surface area contributed by atoms with E-state index >= 15 is 0 Å². The van der Waals surface area contributed by atoms with Gasteiger partial charge in [-0.25, -0.2) is 9.67 Å². The van der Waals surface area contributed by atoms with Crippen molar-refractivity contribution in [2.45, 2.75) is 38.7 Å². The highest BCUT2D eigenvalue weighted by Crippen LogP contribution is 2.20. The van der Waals surface area contributed by atoms with Crippen molar-refractivity contribution in [3.8, 4) is 11.4 Å². The van der Waals surface area contributed by atoms with Crippen molar-refractivity contribution >= 4 is 0 Å². The van der Waals surface area contributed by atoms with Gasteiger partial charge in [0.2, 0.25) is 0 Å². The van der Waals surface area contributed by atoms with Crippen molar-refractivity contribution < 1.29 is 9.47 Å². The van der Waals surface area contributed by atoms with E-state index in [0.717, 1.165) is 49.0 Å². The van der Waals surface area contributed by atoms with Crippen molar-refractivity contribution in [1.29, 1.82) is 0 Å². The number of aromatic nitrogens is 3. The summed E-state index contributed by atoms with van der Waals surface area (Å²) in [7, 11) is 1.67. The number of benzene rings is 1. The van der Waals surface area contributed by atoms with Crippen molar-refractivity contribution in [1.82, 2.24) is 14.8 Å². The van der Waals surface area contributed by atoms with Crippen LogP contribution in [0.25, 0.3) is 5.69 Å². The number of rotatable bonds is 5. The maximum atomic E-state index is 5.69. The maximum Gasteiger partial charge on any atom is 0.148 e. The van der Waals surface area contributed by atoms with Crippen LogP contribution in [-0.2, 0) is 11.2 Å². The fraction of sp³-hybridized carbons (Fsp3) is 0.500. The van der Waals surface area contributed by atoms with E-state index in [0.29, 0.717) is 6.10 Å². The second kappa shape index (κ2) is 6.26. The summed E-state index contributed by atoms with van der Waals surface area (Å²) < 4.78 is 12.9. The molecule has 0 saturated carbocycles. The number of aryl methyl sites for hydroxylation is 2. The van der Waals surface area contributed by atoms with Gasteiger partial charge in [-0.2, -0.15) is 5.10 Å². The molecule has 1 saturated heterocycles. The van der Waals surface area contributed by atoms with Gasteiger partial charge in [0.05, 0.1) is 18.9 Å². The first-order valence-electron chi connectivity index (χ1n) is 7.45. The third-order valence-electron chi connectivity index (χ3n) is 3.79. The van der Waals surface area contributed by atoms with E-state index in [1.807, 2.05) is 35.9 Å². The van der Waals surface area contributed by atoms with Crippen LogP contribution in [0.3, 0.4) is 0 Å². The van der Waals surface area contributed by atoms with E-state index < -0.39 is 0 Å². The van der Waals surface area contributed by atoms with Crippen molar-refractivity contribution in [3.63, 3.8) is 0 Å². The van der Waals surface area contributed by atoms with Crippen LogP contribution in [0.5, 0.6) is 5.75 Å². The standard InChI is InChI=1S/C16H21N3O2/c1-12-17-16(9-8-14-7-4-10-21-14)19(18-12)13-5-3-6-15(11-13)20-2/h3,5-6,11,14H,4,7-10H2,1-2H3/t14-/m0/s1. The van der Waals surface area contributed by atoms with Crippen molar-refractivity contribution in [2.24, 2.45) is 0 Å². The van der Waals surface area contributed by atoms with E-state index in [1.54, 1.807) is 7.11 Å². The molecule has 0 unspecified atom stereocenters. The highest BCUT2D eigenvalue weighted by atomic mass is 16.5. The first-order valence-corrected chi connectivity index (χ1v) is 7.45. The first-order chi connectivity index (χ1) is 10.3. The Labute approximate surface area is 124 Å². The lowest BCUT2D eigenvalue weighted by Gasteiger charge is -2.10. The minimum Gasteiger partial charge on any atom is -0.497 e. The summed E-state index contributed by atoms with van der Waals surface area (Å²) in [6.07, 6.45) is 4.59. The quantitative estimate of drug-likeness (QED) is 0.848. The molecule has 1 aliphatic rings. The van der Waals surface area contributed by atoms with Crippen LogP contribution in [0, 0.1) is 6.92 Å². The molecule has 21 heavy (non-hydrogen) atoms. The molecule has 0 bridgehead atoms. The normalized spacial score (nSPS) is 18.1. The average Bonchev–Trinajstić information content (AvgIpc) is 3.14. The van der Waals surface area contributed by atoms with E-state index in [4.69, 9.17) is 9.47 Å². The fourth-order valence-electron chi connectivity index (χ4n) is 2.73. The Kier molecular flexibility index (Phi) is 4.20. The number of nitrogens with zero attached hydrogens (tertiary/aromatic N) is 3. The zero-order valence-electron chi connectivity index (χ0n) is 12.6. The van der Waals surface area contributed by atoms with Crippen molar-refractivity contribution in [2.75, 3.05) is 13.7 Å². The predicted octanol–water partition coefficient (Wildman–Crippen LogP) is 2.70. The molecule has 2 heterocycles. The summed E-state index contributed by atoms with van der Waals surface area (Å²) in [5.74, 6) is 2.60. The zero-order chi connectivity index (χ0) is 14.7. The lowest BCUT2D eigenvalue weighted by molar-refractivity contribution is 0.104. The van der Waals surface area contributed by atoms with E-state index in [1.165, 1.54) is 6.42 Å². The fourth-order valence-corrected chi connectivity index (χ4v) is 2.73. The summed E-state index contributed by atoms with van der Waals surface area (Å²) in [6.45, 7) is 2.82. The number of hydrogen-bond donors (Lipinski definition) is 0. The van der Waals surface area contributed by atoms with Gasteiger partial charge in [0.25, 0.3) is 0 Å². The Morgan fingerprint density at radius 2 is 2.33 bits per heavy atom. The molecule has 1 aromatic carbocycles. The third-order valence-corrected chi connectivity index (χ3v) is 3.79. The minimum atomic E-state index is 0.376. The van der Waals surface area contributed by atoms with Gasteiger partial charge < -0.3 is 9.47 Å². The second-order valence-electron chi connectivity index (χ2n) is 5.36. The summed E-state index contributed by atoms with van der Waals surface area (Å²) in [4.78, 5) is 4.56. The monoisotopic (exact) mass is 287 g/mol. The van der Waals surface area contributed by atoms with Crippen LogP contribution < -0.4 is 4.74 Å². The highest BCUT2D eigenvalue weighted by Gasteiger charge is 2.17. The lowest BCUT2D eigenvalue weighted by Crippen LogP contribution is -2.10. The SMILES string of the molecule is COc1cccc(-n2nc(C)nc2CC[C@@H]2CCCO2)c1. The molecule has 1 aromatic heterocycles. The molecule has 0 amide bonds. The van der Waals surface area contributed by atoms with Gasteiger partial charge in [-0.05, 0) is 38.3 Å². The topological polar surface area (TPSA) is 49.2 Å². The van der Waals surface area contributed by atoms with Crippen molar-refractivity contribution in [3.05, 3.63) is 35.9 Å². The Balaban J connectivity index is 1.80. The predicted molar refractivity (Wildman–Crippen MR) is 79.9 cm³/mol. The largest absolute Gasteiger partial charge is 0.497 e. The molecule has 5 nitrogen and oxygen atoms in total. The van der Waals surface area contributed by atoms with Gasteiger partial charge in [0.15, 0.2) is 0 Å². The van der Waals surface area contributed by atoms with Gasteiger partial charge in [-0.1, -0.05) is 6.07 Å². The summed E-state index contributed by atoms with van der Waals surface area (Å²) in [5, 5.41) is 4.51. The molecule has 3 rings (SSSR count). The van der Waals surface area contributed by atoms with Crippen LogP contribution in [0.15, 0.2) is 24.3 Å². The van der Waals surface area contributed by atoms with Gasteiger partial charge in [-0.3, -0.25) is 0 Å². The molecule has 1 atom stereocenters. The van der Waals surface area contributed by atoms with Crippen LogP contribution >= 0.6 is 0 Å². The zero-order valence-corrected chi connectivity index (χ0v) is 12.6. The van der Waals surface area contributed by atoms with E-state index in [9.17, 15) is 0 Å². The highest BCUT2D eigenvalue weighted by molar-refractivity contribution is 5.39. The molecule has 2 aromatic rings. The number of hydrogen-bond acceptors (Lipinski definition) is 4. The van der Waals surface area contributed by atoms with E-state index in [2.05, 4.69) is 10.1 Å². The van der Waals surface area contributed by atoms with Gasteiger partial charge in [-0.15, -0.1) is 0 Å². The van der Waals surface area contributed by atoms with Gasteiger partial charge in [0, 0.05) is 19.1 Å². The van der Waals surface area contributed by atoms with Crippen LogP contribution in [0.4, 0.5) is 0 Å². The summed E-state index contributed by atoms with van der Waals surface area (Å²) in [5.41, 5.74) is 0.984. The Morgan fingerprint density at radius 3 is 3.10 bits per heavy atom. The third kappa shape index (κ3) is 3.24. The average molecular weight is 287 g/mol. The molecule has 0 aliphatic carbocycles. The van der Waals surface area contributed by atoms with Crippen LogP contribution in [0.1, 0.15) is 30.9 Å². The molecule has 0 radical (unpaired) electrons. The van der Waals surface area contributed by atoms with Crippen LogP contribution in [0.2, 0.25) is 0 Å². The number of methoxy groups -OCH3 is 1. The molecular weight excluding hydrogens is 266 g/mol. The summed E-state index contributed by atoms with van der Waals surface area (Å²) in [6, 6.07) is 7.89. The van der Waals surface area contributed by atoms with E-state index in [-0.39, 0.29) is 0 Å². The smallest absolute Gasteiger partial charge is 0.148 e. The lowest BCUT2D eigenvalue weighted by atomic mass is 10.1. The van der Waals surface area contributed by atoms with Gasteiger partial charge in [0.1, 0.15) is 17.4 Å². The minimum absolute atomic E-state index is 0.376. The molecule has 0 N–H and O–H groups in total. The Bertz CT molecular complexity index is 603. The van der Waals surface area contributed by atoms with Gasteiger partial charge >= 0.3 is 0 Å². The first kappa shape index (κ1) is 14.1. The Morgan fingerprint density at radius 1 is 1.43 bits per heavy atom. The molecule has 1 fully saturated rings. The molecule has 1 aliphatic heterocycles. The molecular formula is C16H21N3O2.